The molecule has 2 aromatic carbocycles. The molecule has 0 bridgehead atoms. The lowest BCUT2D eigenvalue weighted by Gasteiger charge is -2.05. The van der Waals surface area contributed by atoms with E-state index in [1.165, 1.54) is 0 Å². The molecule has 0 amide bonds. The molecule has 0 radical (unpaired) electrons. The van der Waals surface area contributed by atoms with Crippen molar-refractivity contribution < 1.29 is 4.79 Å². The normalized spacial score (nSPS) is 10.3. The third kappa shape index (κ3) is 3.03. The minimum atomic E-state index is -0.0357. The molecule has 0 fully saturated rings. The van der Waals surface area contributed by atoms with Crippen LogP contribution in [-0.2, 0) is 6.42 Å². The molecule has 0 atom stereocenters. The Morgan fingerprint density at radius 2 is 1.61 bits per heavy atom. The van der Waals surface area contributed by atoms with E-state index >= 15 is 0 Å². The Bertz CT molecular complexity index is 579. The average Bonchev–Trinajstić information content (AvgIpc) is 2.32. The van der Waals surface area contributed by atoms with Crippen LogP contribution >= 0.6 is 23.2 Å². The standard InChI is InChI=1S/C14H11Cl2NO/c15-10-3-1-9(2-4-10)7-14(18)12-6-5-11(16)8-13(12)17/h1-6,8H,7,17H2. The molecule has 92 valence electrons. The monoisotopic (exact) mass is 279 g/mol. The lowest BCUT2D eigenvalue weighted by Crippen LogP contribution is -2.06. The number of hydrogen-bond acceptors (Lipinski definition) is 2. The Morgan fingerprint density at radius 1 is 1.00 bits per heavy atom. The summed E-state index contributed by atoms with van der Waals surface area (Å²) in [6.45, 7) is 0. The third-order valence-corrected chi connectivity index (χ3v) is 3.08. The highest BCUT2D eigenvalue weighted by atomic mass is 35.5. The zero-order valence-corrected chi connectivity index (χ0v) is 11.0. The summed E-state index contributed by atoms with van der Waals surface area (Å²) in [4.78, 5) is 12.1. The first-order chi connectivity index (χ1) is 8.56. The van der Waals surface area contributed by atoms with Gasteiger partial charge in [-0.1, -0.05) is 35.3 Å². The van der Waals surface area contributed by atoms with E-state index in [2.05, 4.69) is 0 Å². The van der Waals surface area contributed by atoms with E-state index in [1.54, 1.807) is 30.3 Å². The molecule has 0 unspecified atom stereocenters. The third-order valence-electron chi connectivity index (χ3n) is 2.59. The van der Waals surface area contributed by atoms with Crippen LogP contribution in [0.25, 0.3) is 0 Å². The molecular formula is C14H11Cl2NO. The smallest absolute Gasteiger partial charge is 0.169 e. The Labute approximate surface area is 115 Å². The molecule has 2 nitrogen and oxygen atoms in total. The fourth-order valence-corrected chi connectivity index (χ4v) is 1.98. The second-order valence-electron chi connectivity index (χ2n) is 3.96. The van der Waals surface area contributed by atoms with Crippen molar-refractivity contribution in [2.24, 2.45) is 0 Å². The van der Waals surface area contributed by atoms with Crippen molar-refractivity contribution in [3.63, 3.8) is 0 Å². The molecule has 0 aliphatic carbocycles. The number of benzene rings is 2. The van der Waals surface area contributed by atoms with Crippen molar-refractivity contribution in [1.82, 2.24) is 0 Å². The summed E-state index contributed by atoms with van der Waals surface area (Å²) >= 11 is 11.6. The maximum absolute atomic E-state index is 12.1. The predicted octanol–water partition coefficient (Wildman–Crippen LogP) is 4.00. The van der Waals surface area contributed by atoms with Crippen molar-refractivity contribution in [3.8, 4) is 0 Å². The number of nitrogen functional groups attached to an aromatic ring is 1. The maximum atomic E-state index is 12.1. The van der Waals surface area contributed by atoms with Gasteiger partial charge in [-0.05, 0) is 35.9 Å². The Morgan fingerprint density at radius 3 is 2.22 bits per heavy atom. The van der Waals surface area contributed by atoms with Gasteiger partial charge >= 0.3 is 0 Å². The van der Waals surface area contributed by atoms with E-state index in [0.717, 1.165) is 5.56 Å². The molecule has 2 N–H and O–H groups in total. The van der Waals surface area contributed by atoms with Gasteiger partial charge in [0, 0.05) is 27.7 Å². The summed E-state index contributed by atoms with van der Waals surface area (Å²) in [6.07, 6.45) is 0.295. The highest BCUT2D eigenvalue weighted by Gasteiger charge is 2.10. The fourth-order valence-electron chi connectivity index (χ4n) is 1.67. The van der Waals surface area contributed by atoms with Crippen LogP contribution in [0.15, 0.2) is 42.5 Å². The van der Waals surface area contributed by atoms with Crippen molar-refractivity contribution in [2.45, 2.75) is 6.42 Å². The number of hydrogen-bond donors (Lipinski definition) is 1. The summed E-state index contributed by atoms with van der Waals surface area (Å²) in [5.41, 5.74) is 7.57. The van der Waals surface area contributed by atoms with Crippen LogP contribution in [0.2, 0.25) is 10.0 Å². The van der Waals surface area contributed by atoms with Crippen molar-refractivity contribution in [1.29, 1.82) is 0 Å². The number of anilines is 1. The summed E-state index contributed by atoms with van der Waals surface area (Å²) in [5, 5.41) is 1.17. The van der Waals surface area contributed by atoms with Crippen LogP contribution in [0.1, 0.15) is 15.9 Å². The minimum Gasteiger partial charge on any atom is -0.398 e. The number of ketones is 1. The second-order valence-corrected chi connectivity index (χ2v) is 4.83. The topological polar surface area (TPSA) is 43.1 Å². The number of carbonyl (C=O) groups excluding carboxylic acids is 1. The summed E-state index contributed by atoms with van der Waals surface area (Å²) < 4.78 is 0. The lowest BCUT2D eigenvalue weighted by atomic mass is 10.0. The van der Waals surface area contributed by atoms with Gasteiger partial charge in [-0.25, -0.2) is 0 Å². The van der Waals surface area contributed by atoms with E-state index in [1.807, 2.05) is 12.1 Å². The fraction of sp³-hybridized carbons (Fsp3) is 0.0714. The number of rotatable bonds is 3. The number of Topliss-reactive ketones (excluding diaryl/α,β-unsaturated/α-hetero) is 1. The van der Waals surface area contributed by atoms with Gasteiger partial charge in [0.1, 0.15) is 0 Å². The Hall–Kier alpha value is -1.51. The quantitative estimate of drug-likeness (QED) is 0.682. The van der Waals surface area contributed by atoms with Crippen molar-refractivity contribution in [2.75, 3.05) is 5.73 Å². The van der Waals surface area contributed by atoms with Gasteiger partial charge in [0.15, 0.2) is 5.78 Å². The molecule has 0 saturated carbocycles. The molecular weight excluding hydrogens is 269 g/mol. The Balaban J connectivity index is 2.19. The van der Waals surface area contributed by atoms with Crippen molar-refractivity contribution in [3.05, 3.63) is 63.6 Å². The van der Waals surface area contributed by atoms with Crippen LogP contribution in [0.4, 0.5) is 5.69 Å². The van der Waals surface area contributed by atoms with Crippen LogP contribution in [0, 0.1) is 0 Å². The zero-order valence-electron chi connectivity index (χ0n) is 9.49. The number of halogens is 2. The number of nitrogens with two attached hydrogens (primary N) is 1. The largest absolute Gasteiger partial charge is 0.398 e. The first kappa shape index (κ1) is 12.9. The minimum absolute atomic E-state index is 0.0357. The van der Waals surface area contributed by atoms with Crippen molar-refractivity contribution >= 4 is 34.7 Å². The van der Waals surface area contributed by atoms with Gasteiger partial charge in [0.05, 0.1) is 0 Å². The van der Waals surface area contributed by atoms with Gasteiger partial charge in [0.25, 0.3) is 0 Å². The summed E-state index contributed by atoms with van der Waals surface area (Å²) in [5.74, 6) is -0.0357. The highest BCUT2D eigenvalue weighted by Crippen LogP contribution is 2.20. The van der Waals surface area contributed by atoms with Gasteiger partial charge in [-0.15, -0.1) is 0 Å². The van der Waals surface area contributed by atoms with Gasteiger partial charge in [0.2, 0.25) is 0 Å². The molecule has 2 aromatic rings. The van der Waals surface area contributed by atoms with Crippen LogP contribution in [0.3, 0.4) is 0 Å². The maximum Gasteiger partial charge on any atom is 0.169 e. The first-order valence-corrected chi connectivity index (χ1v) is 6.14. The van der Waals surface area contributed by atoms with Crippen LogP contribution in [0.5, 0.6) is 0 Å². The summed E-state index contributed by atoms with van der Waals surface area (Å²) in [6, 6.07) is 12.1. The van der Waals surface area contributed by atoms with Crippen LogP contribution < -0.4 is 5.73 Å². The molecule has 0 heterocycles. The van der Waals surface area contributed by atoms with Gasteiger partial charge in [-0.2, -0.15) is 0 Å². The molecule has 0 aliphatic rings. The second kappa shape index (κ2) is 5.42. The van der Waals surface area contributed by atoms with E-state index in [0.29, 0.717) is 27.7 Å². The van der Waals surface area contributed by atoms with E-state index in [9.17, 15) is 4.79 Å². The van der Waals surface area contributed by atoms with Crippen LogP contribution in [-0.4, -0.2) is 5.78 Å². The molecule has 2 rings (SSSR count). The molecule has 0 spiro atoms. The molecule has 0 aromatic heterocycles. The van der Waals surface area contributed by atoms with E-state index < -0.39 is 0 Å². The summed E-state index contributed by atoms with van der Waals surface area (Å²) in [7, 11) is 0. The molecule has 18 heavy (non-hydrogen) atoms. The Kier molecular flexibility index (Phi) is 3.90. The molecule has 0 saturated heterocycles. The van der Waals surface area contributed by atoms with Gasteiger partial charge < -0.3 is 5.73 Å². The van der Waals surface area contributed by atoms with E-state index in [4.69, 9.17) is 28.9 Å². The first-order valence-electron chi connectivity index (χ1n) is 5.39. The SMILES string of the molecule is Nc1cc(Cl)ccc1C(=O)Cc1ccc(Cl)cc1. The highest BCUT2D eigenvalue weighted by molar-refractivity contribution is 6.31. The van der Waals surface area contributed by atoms with Gasteiger partial charge in [-0.3, -0.25) is 4.79 Å². The average molecular weight is 280 g/mol. The number of carbonyl (C=O) groups is 1. The van der Waals surface area contributed by atoms with E-state index in [-0.39, 0.29) is 5.78 Å². The lowest BCUT2D eigenvalue weighted by molar-refractivity contribution is 0.0994. The zero-order chi connectivity index (χ0) is 13.1. The molecule has 4 heteroatoms. The predicted molar refractivity (Wildman–Crippen MR) is 75.4 cm³/mol. The molecule has 0 aliphatic heterocycles.